The highest BCUT2D eigenvalue weighted by Crippen LogP contribution is 2.23. The largest absolute Gasteiger partial charge is 0.452 e. The number of benzene rings is 2. The Balaban J connectivity index is 1.31. The monoisotopic (exact) mass is 482 g/mol. The highest BCUT2D eigenvalue weighted by atomic mass is 32.2. The fourth-order valence-electron chi connectivity index (χ4n) is 2.91. The number of nitrogens with one attached hydrogen (secondary N) is 1. The third kappa shape index (κ3) is 6.05. The lowest BCUT2D eigenvalue weighted by molar-refractivity contribution is -0.119. The van der Waals surface area contributed by atoms with Crippen molar-refractivity contribution in [1.82, 2.24) is 14.8 Å². The zero-order valence-electron chi connectivity index (χ0n) is 17.5. The Hall–Kier alpha value is -3.50. The van der Waals surface area contributed by atoms with E-state index in [9.17, 15) is 14.0 Å². The van der Waals surface area contributed by atoms with Gasteiger partial charge in [0.2, 0.25) is 0 Å². The number of anilines is 1. The van der Waals surface area contributed by atoms with Crippen LogP contribution in [-0.2, 0) is 15.3 Å². The van der Waals surface area contributed by atoms with E-state index in [1.54, 1.807) is 65.9 Å². The molecule has 0 spiro atoms. The first-order chi connectivity index (χ1) is 16.0. The fourth-order valence-corrected chi connectivity index (χ4v) is 4.38. The van der Waals surface area contributed by atoms with E-state index in [-0.39, 0.29) is 5.82 Å². The number of thioether (sulfide) groups is 1. The van der Waals surface area contributed by atoms with Crippen molar-refractivity contribution in [2.45, 2.75) is 17.6 Å². The van der Waals surface area contributed by atoms with Crippen LogP contribution >= 0.6 is 23.1 Å². The molecule has 0 radical (unpaired) electrons. The number of aromatic nitrogens is 3. The minimum Gasteiger partial charge on any atom is -0.452 e. The van der Waals surface area contributed by atoms with E-state index in [2.05, 4.69) is 15.4 Å². The first kappa shape index (κ1) is 22.7. The molecule has 0 aliphatic carbocycles. The van der Waals surface area contributed by atoms with Crippen LogP contribution in [0.25, 0.3) is 5.69 Å². The number of rotatable bonds is 8. The first-order valence-corrected chi connectivity index (χ1v) is 11.8. The molecular weight excluding hydrogens is 463 g/mol. The normalized spacial score (nSPS) is 10.7. The number of carbonyl (C=O) groups is 2. The summed E-state index contributed by atoms with van der Waals surface area (Å²) in [6.45, 7) is 1.32. The molecule has 4 rings (SSSR count). The predicted octanol–water partition coefficient (Wildman–Crippen LogP) is 4.86. The van der Waals surface area contributed by atoms with Gasteiger partial charge in [0.25, 0.3) is 5.91 Å². The SMILES string of the molecule is Cc1cc(NC(=O)COC(=O)c2ccc(SCc3cscn3)cc2)n(-c2ccc(F)cc2)n1. The van der Waals surface area contributed by atoms with Gasteiger partial charge in [0.15, 0.2) is 6.61 Å². The molecule has 2 aromatic carbocycles. The van der Waals surface area contributed by atoms with Crippen LogP contribution in [0.1, 0.15) is 21.7 Å². The molecule has 0 aliphatic heterocycles. The lowest BCUT2D eigenvalue weighted by atomic mass is 10.2. The van der Waals surface area contributed by atoms with Crippen LogP contribution in [0.5, 0.6) is 0 Å². The summed E-state index contributed by atoms with van der Waals surface area (Å²) in [5.41, 5.74) is 4.41. The van der Waals surface area contributed by atoms with Gasteiger partial charge in [0.1, 0.15) is 11.6 Å². The summed E-state index contributed by atoms with van der Waals surface area (Å²) in [5.74, 6) is -0.333. The van der Waals surface area contributed by atoms with Crippen molar-refractivity contribution in [3.63, 3.8) is 0 Å². The van der Waals surface area contributed by atoms with Crippen molar-refractivity contribution < 1.29 is 18.7 Å². The maximum Gasteiger partial charge on any atom is 0.338 e. The topological polar surface area (TPSA) is 86.1 Å². The van der Waals surface area contributed by atoms with Crippen molar-refractivity contribution in [2.24, 2.45) is 0 Å². The molecule has 0 bridgehead atoms. The Morgan fingerprint density at radius 3 is 2.61 bits per heavy atom. The molecule has 168 valence electrons. The smallest absolute Gasteiger partial charge is 0.338 e. The summed E-state index contributed by atoms with van der Waals surface area (Å²) in [4.78, 5) is 29.9. The second-order valence-corrected chi connectivity index (χ2v) is 8.74. The van der Waals surface area contributed by atoms with Crippen molar-refractivity contribution in [3.8, 4) is 5.69 Å². The minimum absolute atomic E-state index is 0.355. The van der Waals surface area contributed by atoms with E-state index in [1.807, 2.05) is 17.5 Å². The molecule has 1 N–H and O–H groups in total. The summed E-state index contributed by atoms with van der Waals surface area (Å²) >= 11 is 3.17. The molecule has 2 aromatic heterocycles. The molecule has 0 unspecified atom stereocenters. The van der Waals surface area contributed by atoms with Gasteiger partial charge in [-0.05, 0) is 55.5 Å². The Kier molecular flexibility index (Phi) is 7.16. The van der Waals surface area contributed by atoms with Crippen LogP contribution in [0, 0.1) is 12.7 Å². The van der Waals surface area contributed by atoms with E-state index in [0.29, 0.717) is 22.8 Å². The van der Waals surface area contributed by atoms with Crippen molar-refractivity contribution in [3.05, 3.63) is 88.3 Å². The van der Waals surface area contributed by atoms with Crippen molar-refractivity contribution in [1.29, 1.82) is 0 Å². The van der Waals surface area contributed by atoms with E-state index in [4.69, 9.17) is 4.74 Å². The molecule has 10 heteroatoms. The van der Waals surface area contributed by atoms with Gasteiger partial charge in [0.05, 0.1) is 28.1 Å². The molecule has 2 heterocycles. The summed E-state index contributed by atoms with van der Waals surface area (Å²) in [7, 11) is 0. The highest BCUT2D eigenvalue weighted by molar-refractivity contribution is 7.98. The van der Waals surface area contributed by atoms with E-state index in [0.717, 1.165) is 16.3 Å². The van der Waals surface area contributed by atoms with Gasteiger partial charge in [-0.2, -0.15) is 5.10 Å². The van der Waals surface area contributed by atoms with Gasteiger partial charge in [-0.25, -0.2) is 18.9 Å². The van der Waals surface area contributed by atoms with Crippen LogP contribution in [0.4, 0.5) is 10.2 Å². The molecule has 1 amide bonds. The van der Waals surface area contributed by atoms with Gasteiger partial charge < -0.3 is 10.1 Å². The quantitative estimate of drug-likeness (QED) is 0.285. The summed E-state index contributed by atoms with van der Waals surface area (Å²) in [5, 5.41) is 8.98. The molecule has 4 aromatic rings. The zero-order valence-corrected chi connectivity index (χ0v) is 19.2. The number of halogens is 1. The Bertz CT molecular complexity index is 1240. The predicted molar refractivity (Wildman–Crippen MR) is 125 cm³/mol. The van der Waals surface area contributed by atoms with Crippen LogP contribution in [0.3, 0.4) is 0 Å². The highest BCUT2D eigenvalue weighted by Gasteiger charge is 2.14. The number of esters is 1. The van der Waals surface area contributed by atoms with Crippen molar-refractivity contribution >= 4 is 40.8 Å². The van der Waals surface area contributed by atoms with Crippen molar-refractivity contribution in [2.75, 3.05) is 11.9 Å². The molecule has 0 fully saturated rings. The minimum atomic E-state index is -0.593. The van der Waals surface area contributed by atoms with E-state index in [1.165, 1.54) is 16.8 Å². The zero-order chi connectivity index (χ0) is 23.2. The fraction of sp³-hybridized carbons (Fsp3) is 0.130. The van der Waals surface area contributed by atoms with Crippen LogP contribution < -0.4 is 5.32 Å². The molecule has 0 saturated carbocycles. The number of thiazole rings is 1. The summed E-state index contributed by atoms with van der Waals surface area (Å²) in [6, 6.07) is 14.4. The average Bonchev–Trinajstić information content (AvgIpc) is 3.46. The molecule has 33 heavy (non-hydrogen) atoms. The number of ether oxygens (including phenoxy) is 1. The average molecular weight is 483 g/mol. The molecule has 7 nitrogen and oxygen atoms in total. The standard InChI is InChI=1S/C23H19FN4O3S2/c1-15-10-21(28(27-15)19-6-4-17(24)5-7-19)26-22(29)11-31-23(30)16-2-8-20(9-3-16)33-13-18-12-32-14-25-18/h2-10,12,14H,11,13H2,1H3,(H,26,29). The van der Waals surface area contributed by atoms with Crippen LogP contribution in [0.2, 0.25) is 0 Å². The Morgan fingerprint density at radius 1 is 1.15 bits per heavy atom. The summed E-state index contributed by atoms with van der Waals surface area (Å²) in [6.07, 6.45) is 0. The first-order valence-electron chi connectivity index (χ1n) is 9.87. The number of aryl methyl sites for hydroxylation is 1. The van der Waals surface area contributed by atoms with Gasteiger partial charge in [-0.1, -0.05) is 0 Å². The summed E-state index contributed by atoms with van der Waals surface area (Å²) < 4.78 is 19.8. The number of hydrogen-bond donors (Lipinski definition) is 1. The number of amides is 1. The number of nitrogens with zero attached hydrogens (tertiary/aromatic N) is 3. The second-order valence-electron chi connectivity index (χ2n) is 6.98. The Labute approximate surface area is 197 Å². The van der Waals surface area contributed by atoms with Crippen LogP contribution in [-0.4, -0.2) is 33.2 Å². The third-order valence-electron chi connectivity index (χ3n) is 4.46. The maximum absolute atomic E-state index is 13.2. The van der Waals surface area contributed by atoms with Crippen LogP contribution in [0.15, 0.2) is 70.4 Å². The van der Waals surface area contributed by atoms with Gasteiger partial charge in [0, 0.05) is 22.1 Å². The van der Waals surface area contributed by atoms with Gasteiger partial charge >= 0.3 is 5.97 Å². The molecule has 0 saturated heterocycles. The second kappa shape index (κ2) is 10.4. The number of hydrogen-bond acceptors (Lipinski definition) is 7. The lowest BCUT2D eigenvalue weighted by Crippen LogP contribution is -2.22. The third-order valence-corrected chi connectivity index (χ3v) is 6.15. The van der Waals surface area contributed by atoms with Gasteiger partial charge in [-0.3, -0.25) is 4.79 Å². The van der Waals surface area contributed by atoms with E-state index < -0.39 is 18.5 Å². The van der Waals surface area contributed by atoms with Gasteiger partial charge in [-0.15, -0.1) is 23.1 Å². The number of carbonyl (C=O) groups excluding carboxylic acids is 2. The maximum atomic E-state index is 13.2. The van der Waals surface area contributed by atoms with E-state index >= 15 is 0 Å². The molecule has 0 aliphatic rings. The molecule has 0 atom stereocenters. The Morgan fingerprint density at radius 2 is 1.91 bits per heavy atom. The lowest BCUT2D eigenvalue weighted by Gasteiger charge is -2.09. The molecular formula is C23H19FN4O3S2.